The second-order valence-electron chi connectivity index (χ2n) is 5.61. The first kappa shape index (κ1) is 13.2. The van der Waals surface area contributed by atoms with E-state index in [0.717, 1.165) is 55.2 Å². The Balaban J connectivity index is 1.42. The Labute approximate surface area is 127 Å². The number of nitrogens with one attached hydrogen (secondary N) is 1. The summed E-state index contributed by atoms with van der Waals surface area (Å²) in [5.74, 6) is 1.80. The van der Waals surface area contributed by atoms with Gasteiger partial charge in [-0.15, -0.1) is 5.10 Å². The van der Waals surface area contributed by atoms with Crippen LogP contribution in [0.3, 0.4) is 0 Å². The van der Waals surface area contributed by atoms with Crippen molar-refractivity contribution < 1.29 is 0 Å². The summed E-state index contributed by atoms with van der Waals surface area (Å²) < 4.78 is 4.05. The molecule has 0 spiro atoms. The monoisotopic (exact) mass is 298 g/mol. The number of hydrogen-bond acceptors (Lipinski definition) is 6. The SMILES string of the molecule is Cc1nccn1CCCNc1ncnc2c1nnn2C1CC1. The van der Waals surface area contributed by atoms with Crippen molar-refractivity contribution >= 4 is 17.0 Å². The van der Waals surface area contributed by atoms with Gasteiger partial charge in [-0.25, -0.2) is 19.6 Å². The van der Waals surface area contributed by atoms with Crippen LogP contribution in [0, 0.1) is 6.92 Å². The third-order valence-electron chi connectivity index (χ3n) is 3.95. The Morgan fingerprint density at radius 1 is 1.27 bits per heavy atom. The quantitative estimate of drug-likeness (QED) is 0.695. The predicted octanol–water partition coefficient (Wildman–Crippen LogP) is 1.56. The molecule has 1 saturated carbocycles. The van der Waals surface area contributed by atoms with Crippen LogP contribution in [0.2, 0.25) is 0 Å². The van der Waals surface area contributed by atoms with Crippen LogP contribution >= 0.6 is 0 Å². The molecule has 3 aromatic heterocycles. The van der Waals surface area contributed by atoms with E-state index in [1.54, 1.807) is 6.33 Å². The maximum absolute atomic E-state index is 4.32. The Morgan fingerprint density at radius 2 is 2.18 bits per heavy atom. The van der Waals surface area contributed by atoms with E-state index in [9.17, 15) is 0 Å². The Morgan fingerprint density at radius 3 is 2.95 bits per heavy atom. The zero-order valence-corrected chi connectivity index (χ0v) is 12.5. The van der Waals surface area contributed by atoms with E-state index in [-0.39, 0.29) is 0 Å². The molecule has 3 heterocycles. The number of aryl methyl sites for hydroxylation is 2. The lowest BCUT2D eigenvalue weighted by Crippen LogP contribution is -2.09. The molecule has 1 fully saturated rings. The number of imidazole rings is 1. The maximum Gasteiger partial charge on any atom is 0.184 e. The zero-order chi connectivity index (χ0) is 14.9. The van der Waals surface area contributed by atoms with Gasteiger partial charge in [0.15, 0.2) is 17.0 Å². The normalized spacial score (nSPS) is 14.6. The first-order valence-electron chi connectivity index (χ1n) is 7.60. The van der Waals surface area contributed by atoms with Crippen LogP contribution in [-0.2, 0) is 6.54 Å². The molecule has 8 nitrogen and oxygen atoms in total. The van der Waals surface area contributed by atoms with Crippen LogP contribution in [0.4, 0.5) is 5.82 Å². The lowest BCUT2D eigenvalue weighted by atomic mass is 10.4. The van der Waals surface area contributed by atoms with Gasteiger partial charge in [-0.3, -0.25) is 0 Å². The number of aromatic nitrogens is 7. The molecule has 0 aliphatic heterocycles. The smallest absolute Gasteiger partial charge is 0.184 e. The van der Waals surface area contributed by atoms with Crippen molar-refractivity contribution in [3.05, 3.63) is 24.5 Å². The fourth-order valence-electron chi connectivity index (χ4n) is 2.56. The molecule has 1 aliphatic rings. The van der Waals surface area contributed by atoms with E-state index in [1.807, 2.05) is 24.0 Å². The van der Waals surface area contributed by atoms with Crippen molar-refractivity contribution in [2.75, 3.05) is 11.9 Å². The first-order chi connectivity index (χ1) is 10.8. The average molecular weight is 298 g/mol. The van der Waals surface area contributed by atoms with Crippen LogP contribution in [-0.4, -0.2) is 41.1 Å². The summed E-state index contributed by atoms with van der Waals surface area (Å²) in [4.78, 5) is 12.8. The Bertz CT molecular complexity index is 785. The molecular weight excluding hydrogens is 280 g/mol. The Kier molecular flexibility index (Phi) is 3.21. The molecule has 0 atom stereocenters. The summed E-state index contributed by atoms with van der Waals surface area (Å²) in [5, 5.41) is 11.8. The molecule has 114 valence electrons. The van der Waals surface area contributed by atoms with Crippen molar-refractivity contribution in [2.45, 2.75) is 38.8 Å². The molecule has 3 aromatic rings. The number of hydrogen-bond donors (Lipinski definition) is 1. The van der Waals surface area contributed by atoms with E-state index >= 15 is 0 Å². The maximum atomic E-state index is 4.32. The first-order valence-corrected chi connectivity index (χ1v) is 7.60. The molecule has 0 aromatic carbocycles. The molecule has 1 aliphatic carbocycles. The standard InChI is InChI=1S/C14H18N8/c1-10-15-6-8-21(10)7-2-5-16-13-12-14(18-9-17-13)22(20-19-12)11-3-4-11/h6,8-9,11H,2-5,7H2,1H3,(H,16,17,18). The topological polar surface area (TPSA) is 86.3 Å². The van der Waals surface area contributed by atoms with Gasteiger partial charge in [0, 0.05) is 25.5 Å². The molecule has 22 heavy (non-hydrogen) atoms. The Hall–Kier alpha value is -2.51. The second kappa shape index (κ2) is 5.36. The molecule has 1 N–H and O–H groups in total. The van der Waals surface area contributed by atoms with Crippen molar-refractivity contribution in [3.63, 3.8) is 0 Å². The number of rotatable bonds is 6. The summed E-state index contributed by atoms with van der Waals surface area (Å²) in [6.07, 6.45) is 8.71. The van der Waals surface area contributed by atoms with E-state index in [0.29, 0.717) is 6.04 Å². The van der Waals surface area contributed by atoms with Gasteiger partial charge >= 0.3 is 0 Å². The van der Waals surface area contributed by atoms with E-state index in [4.69, 9.17) is 0 Å². The molecule has 0 saturated heterocycles. The third-order valence-corrected chi connectivity index (χ3v) is 3.95. The van der Waals surface area contributed by atoms with Gasteiger partial charge < -0.3 is 9.88 Å². The predicted molar refractivity (Wildman–Crippen MR) is 81.5 cm³/mol. The van der Waals surface area contributed by atoms with E-state index in [2.05, 4.69) is 35.1 Å². The lowest BCUT2D eigenvalue weighted by Gasteiger charge is -2.07. The second-order valence-corrected chi connectivity index (χ2v) is 5.61. The van der Waals surface area contributed by atoms with Gasteiger partial charge in [-0.1, -0.05) is 5.21 Å². The van der Waals surface area contributed by atoms with Crippen LogP contribution in [0.25, 0.3) is 11.2 Å². The lowest BCUT2D eigenvalue weighted by molar-refractivity contribution is 0.624. The highest BCUT2D eigenvalue weighted by molar-refractivity contribution is 5.81. The molecule has 8 heteroatoms. The van der Waals surface area contributed by atoms with Crippen LogP contribution < -0.4 is 5.32 Å². The summed E-state index contributed by atoms with van der Waals surface area (Å²) in [7, 11) is 0. The van der Waals surface area contributed by atoms with Crippen LogP contribution in [0.15, 0.2) is 18.7 Å². The fourth-order valence-corrected chi connectivity index (χ4v) is 2.56. The van der Waals surface area contributed by atoms with Crippen LogP contribution in [0.1, 0.15) is 31.1 Å². The van der Waals surface area contributed by atoms with Crippen molar-refractivity contribution in [3.8, 4) is 0 Å². The fraction of sp³-hybridized carbons (Fsp3) is 0.500. The molecule has 4 rings (SSSR count). The highest BCUT2D eigenvalue weighted by atomic mass is 15.5. The van der Waals surface area contributed by atoms with Crippen molar-refractivity contribution in [1.82, 2.24) is 34.5 Å². The van der Waals surface area contributed by atoms with Crippen molar-refractivity contribution in [1.29, 1.82) is 0 Å². The number of fused-ring (bicyclic) bond motifs is 1. The number of anilines is 1. The van der Waals surface area contributed by atoms with E-state index in [1.165, 1.54) is 0 Å². The van der Waals surface area contributed by atoms with Gasteiger partial charge in [0.1, 0.15) is 12.2 Å². The van der Waals surface area contributed by atoms with Gasteiger partial charge in [-0.05, 0) is 26.2 Å². The van der Waals surface area contributed by atoms with Gasteiger partial charge in [0.25, 0.3) is 0 Å². The summed E-state index contributed by atoms with van der Waals surface area (Å²) in [6.45, 7) is 3.76. The molecular formula is C14H18N8. The summed E-state index contributed by atoms with van der Waals surface area (Å²) in [5.41, 5.74) is 1.58. The zero-order valence-electron chi connectivity index (χ0n) is 12.5. The minimum absolute atomic E-state index is 0.469. The average Bonchev–Trinajstić information content (AvgIpc) is 3.15. The minimum atomic E-state index is 0.469. The van der Waals surface area contributed by atoms with Gasteiger partial charge in [-0.2, -0.15) is 0 Å². The molecule has 0 unspecified atom stereocenters. The molecule has 0 amide bonds. The summed E-state index contributed by atoms with van der Waals surface area (Å²) in [6, 6.07) is 0.469. The van der Waals surface area contributed by atoms with E-state index < -0.39 is 0 Å². The highest BCUT2D eigenvalue weighted by Gasteiger charge is 2.27. The minimum Gasteiger partial charge on any atom is -0.368 e. The van der Waals surface area contributed by atoms with Crippen molar-refractivity contribution in [2.24, 2.45) is 0 Å². The molecule has 0 bridgehead atoms. The largest absolute Gasteiger partial charge is 0.368 e. The highest BCUT2D eigenvalue weighted by Crippen LogP contribution is 2.36. The van der Waals surface area contributed by atoms with Crippen LogP contribution in [0.5, 0.6) is 0 Å². The number of nitrogens with zero attached hydrogens (tertiary/aromatic N) is 7. The third kappa shape index (κ3) is 2.40. The van der Waals surface area contributed by atoms with Gasteiger partial charge in [0.05, 0.1) is 6.04 Å². The molecule has 0 radical (unpaired) electrons. The van der Waals surface area contributed by atoms with Gasteiger partial charge in [0.2, 0.25) is 0 Å². The summed E-state index contributed by atoms with van der Waals surface area (Å²) >= 11 is 0.